The third-order valence-electron chi connectivity index (χ3n) is 4.18. The first-order valence-corrected chi connectivity index (χ1v) is 8.37. The van der Waals surface area contributed by atoms with E-state index in [2.05, 4.69) is 12.2 Å². The Morgan fingerprint density at radius 1 is 1.23 bits per heavy atom. The molecule has 1 atom stereocenters. The zero-order chi connectivity index (χ0) is 16.8. The Balaban J connectivity index is 2.51. The molecule has 1 aliphatic rings. The molecule has 0 bridgehead atoms. The monoisotopic (exact) mass is 313 g/mol. The van der Waals surface area contributed by atoms with E-state index in [1.807, 2.05) is 20.8 Å². The van der Waals surface area contributed by atoms with Crippen molar-refractivity contribution in [3.8, 4) is 0 Å². The van der Waals surface area contributed by atoms with Gasteiger partial charge in [0.1, 0.15) is 5.60 Å². The van der Waals surface area contributed by atoms with Gasteiger partial charge < -0.3 is 15.2 Å². The van der Waals surface area contributed by atoms with Gasteiger partial charge in [0.15, 0.2) is 0 Å². The number of ether oxygens (including phenoxy) is 1. The maximum absolute atomic E-state index is 11.9. The molecule has 1 saturated carbocycles. The first-order valence-electron chi connectivity index (χ1n) is 8.37. The fourth-order valence-electron chi connectivity index (χ4n) is 2.99. The molecule has 0 spiro atoms. The molecule has 0 aromatic rings. The smallest absolute Gasteiger partial charge is 0.407 e. The van der Waals surface area contributed by atoms with E-state index in [-0.39, 0.29) is 12.5 Å². The van der Waals surface area contributed by atoms with Crippen LogP contribution in [0.15, 0.2) is 0 Å². The fraction of sp³-hybridized carbons (Fsp3) is 0.882. The van der Waals surface area contributed by atoms with Crippen molar-refractivity contribution >= 4 is 12.1 Å². The van der Waals surface area contributed by atoms with E-state index in [1.54, 1.807) is 0 Å². The Morgan fingerprint density at radius 3 is 2.32 bits per heavy atom. The summed E-state index contributed by atoms with van der Waals surface area (Å²) >= 11 is 0. The average molecular weight is 313 g/mol. The highest BCUT2D eigenvalue weighted by Crippen LogP contribution is 2.31. The summed E-state index contributed by atoms with van der Waals surface area (Å²) in [6, 6.07) is -0.121. The zero-order valence-electron chi connectivity index (χ0n) is 14.4. The topological polar surface area (TPSA) is 75.6 Å². The molecule has 1 rings (SSSR count). The Bertz CT molecular complexity index is 367. The minimum absolute atomic E-state index is 0.0730. The highest BCUT2D eigenvalue weighted by molar-refractivity contribution is 5.69. The summed E-state index contributed by atoms with van der Waals surface area (Å²) < 4.78 is 5.28. The van der Waals surface area contributed by atoms with Gasteiger partial charge in [-0.05, 0) is 45.4 Å². The molecule has 22 heavy (non-hydrogen) atoms. The highest BCUT2D eigenvalue weighted by atomic mass is 16.6. The van der Waals surface area contributed by atoms with Crippen LogP contribution in [0.1, 0.15) is 72.6 Å². The lowest BCUT2D eigenvalue weighted by atomic mass is 9.79. The SMILES string of the molecule is CC1CCC(CC(CCC(=O)O)NC(=O)OC(C)(C)C)CC1. The Hall–Kier alpha value is -1.26. The summed E-state index contributed by atoms with van der Waals surface area (Å²) in [6.07, 6.45) is 5.71. The maximum atomic E-state index is 11.9. The van der Waals surface area contributed by atoms with Crippen LogP contribution >= 0.6 is 0 Å². The molecule has 0 aromatic heterocycles. The van der Waals surface area contributed by atoms with Crippen LogP contribution in [0, 0.1) is 11.8 Å². The molecule has 0 heterocycles. The summed E-state index contributed by atoms with van der Waals surface area (Å²) in [5.41, 5.74) is -0.540. The summed E-state index contributed by atoms with van der Waals surface area (Å²) in [6.45, 7) is 7.74. The first-order chi connectivity index (χ1) is 10.2. The van der Waals surface area contributed by atoms with Crippen molar-refractivity contribution in [2.45, 2.75) is 84.3 Å². The molecule has 0 radical (unpaired) electrons. The quantitative estimate of drug-likeness (QED) is 0.778. The molecule has 128 valence electrons. The molecule has 0 saturated heterocycles. The Labute approximate surface area is 133 Å². The highest BCUT2D eigenvalue weighted by Gasteiger charge is 2.25. The third kappa shape index (κ3) is 8.25. The standard InChI is InChI=1S/C17H31NO4/c1-12-5-7-13(8-6-12)11-14(9-10-15(19)20)18-16(21)22-17(2,3)4/h12-14H,5-11H2,1-4H3,(H,18,21)(H,19,20). The first kappa shape index (κ1) is 18.8. The van der Waals surface area contributed by atoms with E-state index in [0.29, 0.717) is 12.3 Å². The number of hydrogen-bond acceptors (Lipinski definition) is 3. The lowest BCUT2D eigenvalue weighted by Crippen LogP contribution is -2.40. The van der Waals surface area contributed by atoms with Crippen LogP contribution in [-0.2, 0) is 9.53 Å². The summed E-state index contributed by atoms with van der Waals surface area (Å²) in [5, 5.41) is 11.7. The molecule has 0 aliphatic heterocycles. The molecule has 0 aromatic carbocycles. The van der Waals surface area contributed by atoms with Gasteiger partial charge in [-0.25, -0.2) is 4.79 Å². The summed E-state index contributed by atoms with van der Waals surface area (Å²) in [5.74, 6) is 0.533. The number of carbonyl (C=O) groups is 2. The normalized spacial score (nSPS) is 23.6. The number of amides is 1. The number of carboxylic acid groups (broad SMARTS) is 1. The van der Waals surface area contributed by atoms with E-state index in [4.69, 9.17) is 9.84 Å². The van der Waals surface area contributed by atoms with Crippen molar-refractivity contribution < 1.29 is 19.4 Å². The van der Waals surface area contributed by atoms with Crippen molar-refractivity contribution in [3.05, 3.63) is 0 Å². The number of nitrogens with one attached hydrogen (secondary N) is 1. The van der Waals surface area contributed by atoms with Crippen LogP contribution in [0.2, 0.25) is 0 Å². The molecule has 2 N–H and O–H groups in total. The number of aliphatic carboxylic acids is 1. The second-order valence-corrected chi connectivity index (χ2v) is 7.64. The van der Waals surface area contributed by atoms with Crippen molar-refractivity contribution in [1.29, 1.82) is 0 Å². The van der Waals surface area contributed by atoms with Gasteiger partial charge in [-0.1, -0.05) is 32.6 Å². The van der Waals surface area contributed by atoms with Gasteiger partial charge >= 0.3 is 12.1 Å². The van der Waals surface area contributed by atoms with Gasteiger partial charge in [-0.3, -0.25) is 4.79 Å². The molecule has 1 unspecified atom stereocenters. The minimum Gasteiger partial charge on any atom is -0.481 e. The number of carboxylic acids is 1. The zero-order valence-corrected chi connectivity index (χ0v) is 14.4. The molecular weight excluding hydrogens is 282 g/mol. The van der Waals surface area contributed by atoms with E-state index >= 15 is 0 Å². The van der Waals surface area contributed by atoms with Gasteiger partial charge in [-0.2, -0.15) is 0 Å². The number of carbonyl (C=O) groups excluding carboxylic acids is 1. The van der Waals surface area contributed by atoms with E-state index in [1.165, 1.54) is 25.7 Å². The lowest BCUT2D eigenvalue weighted by Gasteiger charge is -2.30. The summed E-state index contributed by atoms with van der Waals surface area (Å²) in [7, 11) is 0. The van der Waals surface area contributed by atoms with Crippen molar-refractivity contribution in [1.82, 2.24) is 5.32 Å². The largest absolute Gasteiger partial charge is 0.481 e. The Morgan fingerprint density at radius 2 is 1.82 bits per heavy atom. The molecule has 1 fully saturated rings. The average Bonchev–Trinajstić information content (AvgIpc) is 2.36. The Kier molecular flexibility index (Phi) is 7.17. The van der Waals surface area contributed by atoms with Crippen LogP contribution in [-0.4, -0.2) is 28.8 Å². The molecular formula is C17H31NO4. The van der Waals surface area contributed by atoms with Crippen LogP contribution in [0.5, 0.6) is 0 Å². The van der Waals surface area contributed by atoms with Gasteiger partial charge in [0.05, 0.1) is 0 Å². The molecule has 1 aliphatic carbocycles. The molecule has 1 amide bonds. The van der Waals surface area contributed by atoms with Crippen molar-refractivity contribution in [3.63, 3.8) is 0 Å². The predicted molar refractivity (Wildman–Crippen MR) is 85.8 cm³/mol. The van der Waals surface area contributed by atoms with E-state index < -0.39 is 17.7 Å². The van der Waals surface area contributed by atoms with Gasteiger partial charge in [-0.15, -0.1) is 0 Å². The van der Waals surface area contributed by atoms with Crippen LogP contribution in [0.4, 0.5) is 4.79 Å². The van der Waals surface area contributed by atoms with Crippen LogP contribution in [0.3, 0.4) is 0 Å². The molecule has 5 heteroatoms. The van der Waals surface area contributed by atoms with Gasteiger partial charge in [0.2, 0.25) is 0 Å². The summed E-state index contributed by atoms with van der Waals surface area (Å²) in [4.78, 5) is 22.7. The second-order valence-electron chi connectivity index (χ2n) is 7.64. The predicted octanol–water partition coefficient (Wildman–Crippen LogP) is 3.96. The third-order valence-corrected chi connectivity index (χ3v) is 4.18. The van der Waals surface area contributed by atoms with Gasteiger partial charge in [0.25, 0.3) is 0 Å². The molecule has 5 nitrogen and oxygen atoms in total. The fourth-order valence-corrected chi connectivity index (χ4v) is 2.99. The number of alkyl carbamates (subject to hydrolysis) is 1. The second kappa shape index (κ2) is 8.39. The van der Waals surface area contributed by atoms with Crippen LogP contribution < -0.4 is 5.32 Å². The lowest BCUT2D eigenvalue weighted by molar-refractivity contribution is -0.137. The van der Waals surface area contributed by atoms with E-state index in [0.717, 1.165) is 12.3 Å². The van der Waals surface area contributed by atoms with Crippen molar-refractivity contribution in [2.75, 3.05) is 0 Å². The van der Waals surface area contributed by atoms with Crippen LogP contribution in [0.25, 0.3) is 0 Å². The maximum Gasteiger partial charge on any atom is 0.407 e. The van der Waals surface area contributed by atoms with Gasteiger partial charge in [0, 0.05) is 12.5 Å². The van der Waals surface area contributed by atoms with E-state index in [9.17, 15) is 9.59 Å². The number of hydrogen-bond donors (Lipinski definition) is 2. The van der Waals surface area contributed by atoms with Crippen molar-refractivity contribution in [2.24, 2.45) is 11.8 Å². The minimum atomic E-state index is -0.826. The number of rotatable bonds is 6.